The third-order valence-corrected chi connectivity index (χ3v) is 5.13. The molecule has 0 bridgehead atoms. The summed E-state index contributed by atoms with van der Waals surface area (Å²) in [5.74, 6) is -0.504. The Hall–Kier alpha value is -1.11. The first-order valence-corrected chi connectivity index (χ1v) is 9.88. The molecule has 1 aromatic carbocycles. The SMILES string of the molecule is CC(C)CC(CN)NC(=O)CS(=O)(=O)CCCc1ccccc1.Cl. The number of halogens is 1. The van der Waals surface area contributed by atoms with E-state index in [1.165, 1.54) is 0 Å². The summed E-state index contributed by atoms with van der Waals surface area (Å²) in [7, 11) is -3.39. The van der Waals surface area contributed by atoms with Crippen molar-refractivity contribution >= 4 is 28.2 Å². The van der Waals surface area contributed by atoms with Crippen molar-refractivity contribution in [2.45, 2.75) is 39.2 Å². The van der Waals surface area contributed by atoms with Gasteiger partial charge in [0.05, 0.1) is 5.75 Å². The van der Waals surface area contributed by atoms with Gasteiger partial charge in [0.15, 0.2) is 9.84 Å². The van der Waals surface area contributed by atoms with Crippen molar-refractivity contribution < 1.29 is 13.2 Å². The number of benzene rings is 1. The van der Waals surface area contributed by atoms with Crippen LogP contribution in [-0.2, 0) is 21.1 Å². The summed E-state index contributed by atoms with van der Waals surface area (Å²) >= 11 is 0. The maximum Gasteiger partial charge on any atom is 0.235 e. The highest BCUT2D eigenvalue weighted by atomic mass is 35.5. The fraction of sp³-hybridized carbons (Fsp3) is 0.588. The van der Waals surface area contributed by atoms with Gasteiger partial charge >= 0.3 is 0 Å². The topological polar surface area (TPSA) is 89.3 Å². The third kappa shape index (κ3) is 9.90. The number of aryl methyl sites for hydroxylation is 1. The molecule has 0 aliphatic rings. The highest BCUT2D eigenvalue weighted by molar-refractivity contribution is 7.92. The van der Waals surface area contributed by atoms with Gasteiger partial charge in [0.1, 0.15) is 5.75 Å². The Kier molecular flexibility index (Phi) is 10.9. The molecule has 1 atom stereocenters. The molecule has 0 aromatic heterocycles. The third-order valence-electron chi connectivity index (χ3n) is 3.52. The highest BCUT2D eigenvalue weighted by Crippen LogP contribution is 2.06. The average molecular weight is 377 g/mol. The number of hydrogen-bond acceptors (Lipinski definition) is 4. The van der Waals surface area contributed by atoms with Crippen molar-refractivity contribution in [2.75, 3.05) is 18.1 Å². The zero-order valence-corrected chi connectivity index (χ0v) is 16.0. The van der Waals surface area contributed by atoms with Gasteiger partial charge in [0, 0.05) is 12.6 Å². The van der Waals surface area contributed by atoms with E-state index in [2.05, 4.69) is 5.32 Å². The van der Waals surface area contributed by atoms with Gasteiger partial charge in [-0.15, -0.1) is 12.4 Å². The Morgan fingerprint density at radius 3 is 2.38 bits per heavy atom. The first kappa shape index (κ1) is 22.9. The minimum Gasteiger partial charge on any atom is -0.351 e. The lowest BCUT2D eigenvalue weighted by atomic mass is 10.0. The molecule has 0 saturated carbocycles. The number of carbonyl (C=O) groups excluding carboxylic acids is 1. The lowest BCUT2D eigenvalue weighted by Gasteiger charge is -2.18. The molecule has 0 radical (unpaired) electrons. The number of nitrogens with two attached hydrogens (primary N) is 1. The maximum absolute atomic E-state index is 12.0. The van der Waals surface area contributed by atoms with E-state index < -0.39 is 21.5 Å². The molecule has 1 amide bonds. The molecule has 0 fully saturated rings. The van der Waals surface area contributed by atoms with Crippen LogP contribution in [0.3, 0.4) is 0 Å². The molecular weight excluding hydrogens is 348 g/mol. The molecule has 7 heteroatoms. The van der Waals surface area contributed by atoms with Crippen molar-refractivity contribution in [1.29, 1.82) is 0 Å². The van der Waals surface area contributed by atoms with Crippen LogP contribution in [0.4, 0.5) is 0 Å². The van der Waals surface area contributed by atoms with Crippen LogP contribution in [0.1, 0.15) is 32.3 Å². The zero-order chi connectivity index (χ0) is 17.3. The van der Waals surface area contributed by atoms with Crippen molar-refractivity contribution in [2.24, 2.45) is 11.7 Å². The second-order valence-electron chi connectivity index (χ2n) is 6.31. The first-order chi connectivity index (χ1) is 10.8. The molecule has 0 aliphatic heterocycles. The molecule has 1 aromatic rings. The minimum absolute atomic E-state index is 0. The van der Waals surface area contributed by atoms with Crippen LogP contribution >= 0.6 is 12.4 Å². The van der Waals surface area contributed by atoms with Crippen LogP contribution in [-0.4, -0.2) is 38.4 Å². The van der Waals surface area contributed by atoms with E-state index in [4.69, 9.17) is 5.73 Å². The average Bonchev–Trinajstić information content (AvgIpc) is 2.46. The van der Waals surface area contributed by atoms with Crippen LogP contribution in [0.5, 0.6) is 0 Å². The summed E-state index contributed by atoms with van der Waals surface area (Å²) in [5, 5.41) is 2.72. The molecule has 0 heterocycles. The lowest BCUT2D eigenvalue weighted by Crippen LogP contribution is -2.43. The normalized spacial score (nSPS) is 12.5. The number of hydrogen-bond donors (Lipinski definition) is 2. The Bertz CT molecular complexity index is 577. The lowest BCUT2D eigenvalue weighted by molar-refractivity contribution is -0.119. The Morgan fingerprint density at radius 2 is 1.83 bits per heavy atom. The summed E-state index contributed by atoms with van der Waals surface area (Å²) in [6.45, 7) is 4.39. The van der Waals surface area contributed by atoms with Crippen LogP contribution in [0.25, 0.3) is 0 Å². The van der Waals surface area contributed by atoms with E-state index in [0.717, 1.165) is 12.0 Å². The van der Waals surface area contributed by atoms with Gasteiger partial charge in [-0.2, -0.15) is 0 Å². The number of nitrogens with one attached hydrogen (secondary N) is 1. The van der Waals surface area contributed by atoms with Crippen LogP contribution < -0.4 is 11.1 Å². The summed E-state index contributed by atoms with van der Waals surface area (Å²) < 4.78 is 24.1. The van der Waals surface area contributed by atoms with E-state index in [-0.39, 0.29) is 24.2 Å². The van der Waals surface area contributed by atoms with Crippen LogP contribution in [0.2, 0.25) is 0 Å². The number of carbonyl (C=O) groups is 1. The molecule has 1 unspecified atom stereocenters. The largest absolute Gasteiger partial charge is 0.351 e. The molecule has 5 nitrogen and oxygen atoms in total. The molecule has 0 spiro atoms. The van der Waals surface area contributed by atoms with Gasteiger partial charge in [0.25, 0.3) is 0 Å². The summed E-state index contributed by atoms with van der Waals surface area (Å²) in [5.41, 5.74) is 6.72. The molecule has 3 N–H and O–H groups in total. The predicted molar refractivity (Wildman–Crippen MR) is 101 cm³/mol. The Balaban J connectivity index is 0.00000529. The summed E-state index contributed by atoms with van der Waals surface area (Å²) in [6.07, 6.45) is 1.96. The highest BCUT2D eigenvalue weighted by Gasteiger charge is 2.19. The van der Waals surface area contributed by atoms with E-state index in [1.54, 1.807) is 0 Å². The molecule has 0 aliphatic carbocycles. The minimum atomic E-state index is -3.39. The maximum atomic E-state index is 12.0. The van der Waals surface area contributed by atoms with Crippen molar-refractivity contribution in [3.63, 3.8) is 0 Å². The monoisotopic (exact) mass is 376 g/mol. The van der Waals surface area contributed by atoms with Gasteiger partial charge in [0.2, 0.25) is 5.91 Å². The second-order valence-corrected chi connectivity index (χ2v) is 8.49. The van der Waals surface area contributed by atoms with Gasteiger partial charge in [-0.3, -0.25) is 4.79 Å². The molecule has 138 valence electrons. The van der Waals surface area contributed by atoms with E-state index in [1.807, 2.05) is 44.2 Å². The van der Waals surface area contributed by atoms with E-state index in [9.17, 15) is 13.2 Å². The first-order valence-electron chi connectivity index (χ1n) is 8.06. The quantitative estimate of drug-likeness (QED) is 0.653. The van der Waals surface area contributed by atoms with Gasteiger partial charge in [-0.25, -0.2) is 8.42 Å². The van der Waals surface area contributed by atoms with Crippen molar-refractivity contribution in [3.05, 3.63) is 35.9 Å². The number of amides is 1. The summed E-state index contributed by atoms with van der Waals surface area (Å²) in [6, 6.07) is 9.56. The van der Waals surface area contributed by atoms with E-state index in [0.29, 0.717) is 25.3 Å². The standard InChI is InChI=1S/C17H28N2O3S.ClH/c1-14(2)11-16(12-18)19-17(20)13-23(21,22)10-6-9-15-7-4-3-5-8-15;/h3-5,7-8,14,16H,6,9-13,18H2,1-2H3,(H,19,20);1H. The fourth-order valence-corrected chi connectivity index (χ4v) is 3.68. The van der Waals surface area contributed by atoms with Gasteiger partial charge < -0.3 is 11.1 Å². The molecular formula is C17H29ClN2O3S. The number of rotatable bonds is 10. The summed E-state index contributed by atoms with van der Waals surface area (Å²) in [4.78, 5) is 11.9. The second kappa shape index (κ2) is 11.4. The van der Waals surface area contributed by atoms with Gasteiger partial charge in [-0.1, -0.05) is 44.2 Å². The fourth-order valence-electron chi connectivity index (χ4n) is 2.47. The van der Waals surface area contributed by atoms with Crippen LogP contribution in [0, 0.1) is 5.92 Å². The predicted octanol–water partition coefficient (Wildman–Crippen LogP) is 1.95. The smallest absolute Gasteiger partial charge is 0.235 e. The van der Waals surface area contributed by atoms with Crippen LogP contribution in [0.15, 0.2) is 30.3 Å². The molecule has 1 rings (SSSR count). The number of sulfone groups is 1. The van der Waals surface area contributed by atoms with E-state index >= 15 is 0 Å². The molecule has 0 saturated heterocycles. The molecule has 24 heavy (non-hydrogen) atoms. The van der Waals surface area contributed by atoms with Crippen molar-refractivity contribution in [1.82, 2.24) is 5.32 Å². The van der Waals surface area contributed by atoms with Crippen molar-refractivity contribution in [3.8, 4) is 0 Å². The van der Waals surface area contributed by atoms with Gasteiger partial charge in [-0.05, 0) is 30.7 Å². The Morgan fingerprint density at radius 1 is 1.21 bits per heavy atom. The zero-order valence-electron chi connectivity index (χ0n) is 14.4. The Labute approximate surface area is 151 Å².